The van der Waals surface area contributed by atoms with Crippen LogP contribution in [0.15, 0.2) is 41.3 Å². The van der Waals surface area contributed by atoms with Gasteiger partial charge >= 0.3 is 0 Å². The van der Waals surface area contributed by atoms with Crippen LogP contribution < -0.4 is 0 Å². The summed E-state index contributed by atoms with van der Waals surface area (Å²) in [5.41, 5.74) is 1.81. The summed E-state index contributed by atoms with van der Waals surface area (Å²) in [5, 5.41) is 5.69. The molecule has 0 bridgehead atoms. The summed E-state index contributed by atoms with van der Waals surface area (Å²) in [5.74, 6) is 0.699. The zero-order valence-electron chi connectivity index (χ0n) is 15.2. The maximum absolute atomic E-state index is 6.26. The number of nitrogens with zero attached hydrogens (tertiary/aromatic N) is 4. The second kappa shape index (κ2) is 6.62. The predicted octanol–water partition coefficient (Wildman–Crippen LogP) is 5.10. The maximum Gasteiger partial charge on any atom is 0.192 e. The number of hydrogen-bond acceptors (Lipinski definition) is 4. The van der Waals surface area contributed by atoms with E-state index >= 15 is 0 Å². The molecule has 0 radical (unpaired) electrons. The SMILES string of the molecule is CC(C)(C)[Si](C)(C)OCc1cncc(-n2ncc3ccc(Br)cc32)n1. The Morgan fingerprint density at radius 2 is 1.92 bits per heavy atom. The first-order valence-corrected chi connectivity index (χ1v) is 12.0. The van der Waals surface area contributed by atoms with Crippen LogP contribution in [0.4, 0.5) is 0 Å². The highest BCUT2D eigenvalue weighted by atomic mass is 79.9. The molecule has 0 saturated carbocycles. The van der Waals surface area contributed by atoms with E-state index in [1.165, 1.54) is 0 Å². The first-order chi connectivity index (χ1) is 11.7. The second-order valence-corrected chi connectivity index (χ2v) is 13.4. The molecule has 0 fully saturated rings. The fourth-order valence-corrected chi connectivity index (χ4v) is 3.50. The van der Waals surface area contributed by atoms with Crippen LogP contribution in [0.1, 0.15) is 26.5 Å². The molecule has 0 spiro atoms. The smallest absolute Gasteiger partial charge is 0.192 e. The van der Waals surface area contributed by atoms with E-state index in [-0.39, 0.29) is 5.04 Å². The highest BCUT2D eigenvalue weighted by Crippen LogP contribution is 2.37. The van der Waals surface area contributed by atoms with Gasteiger partial charge in [0.05, 0.1) is 36.4 Å². The van der Waals surface area contributed by atoms with Gasteiger partial charge in [0.1, 0.15) is 0 Å². The van der Waals surface area contributed by atoms with Crippen LogP contribution in [0, 0.1) is 0 Å². The van der Waals surface area contributed by atoms with E-state index in [0.29, 0.717) is 12.4 Å². The molecule has 132 valence electrons. The average molecular weight is 419 g/mol. The lowest BCUT2D eigenvalue weighted by Gasteiger charge is -2.36. The number of halogens is 1. The minimum absolute atomic E-state index is 0.169. The Hall–Kier alpha value is -1.57. The minimum atomic E-state index is -1.82. The topological polar surface area (TPSA) is 52.8 Å². The Balaban J connectivity index is 1.88. The largest absolute Gasteiger partial charge is 0.411 e. The highest BCUT2D eigenvalue weighted by molar-refractivity contribution is 9.10. The molecule has 0 aliphatic carbocycles. The monoisotopic (exact) mass is 418 g/mol. The van der Waals surface area contributed by atoms with Crippen molar-refractivity contribution in [2.75, 3.05) is 0 Å². The van der Waals surface area contributed by atoms with Crippen molar-refractivity contribution in [3.8, 4) is 5.82 Å². The molecule has 3 rings (SSSR count). The molecule has 2 heterocycles. The standard InChI is InChI=1S/C18H23BrN4OSi/c1-18(2,3)25(4,5)24-12-15-10-20-11-17(22-15)23-16-8-14(19)7-6-13(16)9-21-23/h6-11H,12H2,1-5H3. The van der Waals surface area contributed by atoms with E-state index < -0.39 is 8.32 Å². The Morgan fingerprint density at radius 3 is 2.64 bits per heavy atom. The summed E-state index contributed by atoms with van der Waals surface area (Å²) in [6, 6.07) is 6.06. The molecule has 0 aliphatic rings. The Morgan fingerprint density at radius 1 is 1.16 bits per heavy atom. The average Bonchev–Trinajstić information content (AvgIpc) is 2.95. The molecule has 1 aromatic carbocycles. The van der Waals surface area contributed by atoms with Crippen molar-refractivity contribution in [2.24, 2.45) is 0 Å². The third-order valence-corrected chi connectivity index (χ3v) is 9.78. The fourth-order valence-electron chi connectivity index (χ4n) is 2.21. The molecule has 0 atom stereocenters. The molecule has 3 aromatic rings. The van der Waals surface area contributed by atoms with E-state index in [0.717, 1.165) is 21.1 Å². The van der Waals surface area contributed by atoms with Crippen molar-refractivity contribution in [3.05, 3.63) is 47.0 Å². The summed E-state index contributed by atoms with van der Waals surface area (Å²) in [7, 11) is -1.82. The molecule has 5 nitrogen and oxygen atoms in total. The van der Waals surface area contributed by atoms with E-state index in [1.807, 2.05) is 29.1 Å². The van der Waals surface area contributed by atoms with Crippen LogP contribution in [-0.2, 0) is 11.0 Å². The van der Waals surface area contributed by atoms with Crippen LogP contribution in [0.2, 0.25) is 18.1 Å². The molecule has 25 heavy (non-hydrogen) atoms. The normalized spacial score (nSPS) is 12.7. The van der Waals surface area contributed by atoms with E-state index in [2.05, 4.69) is 59.9 Å². The lowest BCUT2D eigenvalue weighted by Crippen LogP contribution is -2.40. The third-order valence-electron chi connectivity index (χ3n) is 4.81. The van der Waals surface area contributed by atoms with E-state index in [9.17, 15) is 0 Å². The molecular weight excluding hydrogens is 396 g/mol. The lowest BCUT2D eigenvalue weighted by atomic mass is 10.2. The number of rotatable bonds is 4. The second-order valence-electron chi connectivity index (χ2n) is 7.68. The summed E-state index contributed by atoms with van der Waals surface area (Å²) in [6.07, 6.45) is 5.32. The predicted molar refractivity (Wildman–Crippen MR) is 106 cm³/mol. The zero-order chi connectivity index (χ0) is 18.2. The Kier molecular flexibility index (Phi) is 4.83. The van der Waals surface area contributed by atoms with E-state index in [4.69, 9.17) is 9.41 Å². The van der Waals surface area contributed by atoms with Crippen LogP contribution in [0.3, 0.4) is 0 Å². The van der Waals surface area contributed by atoms with Gasteiger partial charge in [0.15, 0.2) is 14.1 Å². The van der Waals surface area contributed by atoms with Gasteiger partial charge in [0, 0.05) is 9.86 Å². The quantitative estimate of drug-likeness (QED) is 0.552. The first kappa shape index (κ1) is 18.2. The van der Waals surface area contributed by atoms with Gasteiger partial charge < -0.3 is 4.43 Å². The van der Waals surface area contributed by atoms with Gasteiger partial charge in [0.25, 0.3) is 0 Å². The van der Waals surface area contributed by atoms with Gasteiger partial charge in [-0.05, 0) is 30.3 Å². The van der Waals surface area contributed by atoms with Crippen LogP contribution in [-0.4, -0.2) is 28.1 Å². The van der Waals surface area contributed by atoms with Gasteiger partial charge in [0.2, 0.25) is 0 Å². The molecule has 2 aromatic heterocycles. The molecule has 0 unspecified atom stereocenters. The summed E-state index contributed by atoms with van der Waals surface area (Å²) in [4.78, 5) is 9.03. The molecule has 0 N–H and O–H groups in total. The first-order valence-electron chi connectivity index (χ1n) is 8.26. The van der Waals surface area contributed by atoms with Gasteiger partial charge in [-0.3, -0.25) is 4.98 Å². The lowest BCUT2D eigenvalue weighted by molar-refractivity contribution is 0.271. The number of fused-ring (bicyclic) bond motifs is 1. The van der Waals surface area contributed by atoms with Crippen molar-refractivity contribution < 1.29 is 4.43 Å². The third kappa shape index (κ3) is 3.83. The van der Waals surface area contributed by atoms with Crippen molar-refractivity contribution in [3.63, 3.8) is 0 Å². The van der Waals surface area contributed by atoms with Crippen molar-refractivity contribution >= 4 is 35.2 Å². The number of benzene rings is 1. The molecular formula is C18H23BrN4OSi. The fraction of sp³-hybridized carbons (Fsp3) is 0.389. The highest BCUT2D eigenvalue weighted by Gasteiger charge is 2.37. The van der Waals surface area contributed by atoms with Gasteiger partial charge in [-0.2, -0.15) is 5.10 Å². The van der Waals surface area contributed by atoms with Crippen molar-refractivity contribution in [1.29, 1.82) is 0 Å². The number of aromatic nitrogens is 4. The summed E-state index contributed by atoms with van der Waals surface area (Å²) < 4.78 is 9.07. The molecule has 7 heteroatoms. The summed E-state index contributed by atoms with van der Waals surface area (Å²) >= 11 is 3.51. The molecule has 0 aliphatic heterocycles. The number of hydrogen-bond donors (Lipinski definition) is 0. The van der Waals surface area contributed by atoms with E-state index in [1.54, 1.807) is 12.4 Å². The zero-order valence-corrected chi connectivity index (χ0v) is 17.8. The van der Waals surface area contributed by atoms with Crippen LogP contribution in [0.25, 0.3) is 16.7 Å². The molecule has 0 amide bonds. The Bertz CT molecular complexity index is 901. The maximum atomic E-state index is 6.26. The van der Waals surface area contributed by atoms with Crippen LogP contribution >= 0.6 is 15.9 Å². The van der Waals surface area contributed by atoms with Gasteiger partial charge in [-0.25, -0.2) is 9.67 Å². The molecule has 0 saturated heterocycles. The van der Waals surface area contributed by atoms with Gasteiger partial charge in [-0.15, -0.1) is 0 Å². The van der Waals surface area contributed by atoms with Crippen molar-refractivity contribution in [2.45, 2.75) is 45.5 Å². The Labute approximate surface area is 157 Å². The van der Waals surface area contributed by atoms with Crippen LogP contribution in [0.5, 0.6) is 0 Å². The minimum Gasteiger partial charge on any atom is -0.411 e. The van der Waals surface area contributed by atoms with Gasteiger partial charge in [-0.1, -0.05) is 42.8 Å². The summed E-state index contributed by atoms with van der Waals surface area (Å²) in [6.45, 7) is 11.6. The van der Waals surface area contributed by atoms with Crippen molar-refractivity contribution in [1.82, 2.24) is 19.7 Å².